The van der Waals surface area contributed by atoms with Crippen molar-refractivity contribution in [1.82, 2.24) is 15.0 Å². The van der Waals surface area contributed by atoms with E-state index < -0.39 is 0 Å². The van der Waals surface area contributed by atoms with E-state index in [1.165, 1.54) is 65.5 Å². The van der Waals surface area contributed by atoms with Crippen LogP contribution in [0.5, 0.6) is 0 Å². The second kappa shape index (κ2) is 13.7. The molecule has 5 heteroatoms. The van der Waals surface area contributed by atoms with E-state index in [-0.39, 0.29) is 5.41 Å². The first-order valence-corrected chi connectivity index (χ1v) is 21.7. The van der Waals surface area contributed by atoms with E-state index >= 15 is 0 Å². The van der Waals surface area contributed by atoms with Crippen molar-refractivity contribution >= 4 is 43.9 Å². The molecule has 0 atom stereocenters. The molecular formula is C57H39N3O2. The number of fused-ring (bicyclic) bond motifs is 11. The minimum absolute atomic E-state index is 0.112. The molecule has 0 saturated heterocycles. The van der Waals surface area contributed by atoms with Crippen molar-refractivity contribution in [2.45, 2.75) is 37.5 Å². The van der Waals surface area contributed by atoms with Gasteiger partial charge in [-0.1, -0.05) is 159 Å². The van der Waals surface area contributed by atoms with Crippen LogP contribution in [0.2, 0.25) is 0 Å². The van der Waals surface area contributed by atoms with E-state index in [2.05, 4.69) is 115 Å². The van der Waals surface area contributed by atoms with Crippen LogP contribution < -0.4 is 0 Å². The number of para-hydroxylation sites is 2. The lowest BCUT2D eigenvalue weighted by Gasteiger charge is -2.36. The maximum atomic E-state index is 6.33. The Morgan fingerprint density at radius 3 is 1.50 bits per heavy atom. The Labute approximate surface area is 358 Å². The highest BCUT2D eigenvalue weighted by atomic mass is 16.3. The quantitative estimate of drug-likeness (QED) is 0.174. The summed E-state index contributed by atoms with van der Waals surface area (Å²) in [6.07, 6.45) is 6.31. The Hall–Kier alpha value is -7.63. The molecule has 1 spiro atoms. The topological polar surface area (TPSA) is 65.0 Å². The molecular weight excluding hydrogens is 759 g/mol. The third-order valence-corrected chi connectivity index (χ3v) is 13.5. The van der Waals surface area contributed by atoms with Crippen molar-refractivity contribution in [2.24, 2.45) is 0 Å². The molecule has 1 saturated carbocycles. The molecule has 0 N–H and O–H groups in total. The largest absolute Gasteiger partial charge is 0.456 e. The normalized spacial score (nSPS) is 14.3. The summed E-state index contributed by atoms with van der Waals surface area (Å²) in [5.41, 5.74) is 16.6. The van der Waals surface area contributed by atoms with Crippen LogP contribution in [0.25, 0.3) is 111 Å². The number of hydrogen-bond donors (Lipinski definition) is 0. The van der Waals surface area contributed by atoms with E-state index in [4.69, 9.17) is 23.8 Å². The van der Waals surface area contributed by atoms with E-state index in [9.17, 15) is 0 Å². The van der Waals surface area contributed by atoms with Gasteiger partial charge < -0.3 is 8.83 Å². The molecule has 0 bridgehead atoms. The lowest BCUT2D eigenvalue weighted by atomic mass is 9.68. The lowest BCUT2D eigenvalue weighted by Crippen LogP contribution is -2.27. The van der Waals surface area contributed by atoms with Crippen LogP contribution in [-0.2, 0) is 5.41 Å². The fourth-order valence-electron chi connectivity index (χ4n) is 10.8. The van der Waals surface area contributed by atoms with Crippen molar-refractivity contribution in [1.29, 1.82) is 0 Å². The molecule has 3 aromatic heterocycles. The summed E-state index contributed by atoms with van der Waals surface area (Å²) in [5, 5.41) is 4.00. The van der Waals surface area contributed by atoms with E-state index in [1.54, 1.807) is 0 Å². The van der Waals surface area contributed by atoms with Crippen LogP contribution in [0.4, 0.5) is 0 Å². The molecule has 1 fully saturated rings. The highest BCUT2D eigenvalue weighted by Gasteiger charge is 2.44. The van der Waals surface area contributed by atoms with Gasteiger partial charge in [0.05, 0.1) is 0 Å². The van der Waals surface area contributed by atoms with Crippen molar-refractivity contribution in [3.63, 3.8) is 0 Å². The number of aromatic nitrogens is 3. The maximum Gasteiger partial charge on any atom is 0.164 e. The van der Waals surface area contributed by atoms with Gasteiger partial charge in [0.15, 0.2) is 17.5 Å². The Bertz CT molecular complexity index is 3460. The zero-order valence-electron chi connectivity index (χ0n) is 33.9. The van der Waals surface area contributed by atoms with E-state index in [0.717, 1.165) is 71.7 Å². The minimum atomic E-state index is 0.112. The summed E-state index contributed by atoms with van der Waals surface area (Å²) >= 11 is 0. The van der Waals surface area contributed by atoms with E-state index in [0.29, 0.717) is 17.5 Å². The summed E-state index contributed by atoms with van der Waals surface area (Å²) in [5.74, 6) is 1.74. The average molecular weight is 798 g/mol. The zero-order valence-corrected chi connectivity index (χ0v) is 33.9. The molecule has 62 heavy (non-hydrogen) atoms. The maximum absolute atomic E-state index is 6.33. The first-order valence-electron chi connectivity index (χ1n) is 21.7. The molecule has 0 amide bonds. The highest BCUT2D eigenvalue weighted by molar-refractivity contribution is 6.13. The molecule has 3 heterocycles. The monoisotopic (exact) mass is 797 g/mol. The van der Waals surface area contributed by atoms with Gasteiger partial charge in [0.25, 0.3) is 0 Å². The predicted octanol–water partition coefficient (Wildman–Crippen LogP) is 15.2. The van der Waals surface area contributed by atoms with Crippen molar-refractivity contribution in [3.8, 4) is 67.5 Å². The second-order valence-corrected chi connectivity index (χ2v) is 16.9. The summed E-state index contributed by atoms with van der Waals surface area (Å²) in [7, 11) is 0. The molecule has 8 aromatic carbocycles. The van der Waals surface area contributed by atoms with Gasteiger partial charge in [-0.15, -0.1) is 0 Å². The smallest absolute Gasteiger partial charge is 0.164 e. The van der Waals surface area contributed by atoms with Crippen molar-refractivity contribution < 1.29 is 8.83 Å². The fourth-order valence-corrected chi connectivity index (χ4v) is 10.8. The van der Waals surface area contributed by atoms with Crippen LogP contribution in [-0.4, -0.2) is 15.0 Å². The molecule has 0 radical (unpaired) electrons. The van der Waals surface area contributed by atoms with Gasteiger partial charge in [0, 0.05) is 43.7 Å². The number of rotatable bonds is 5. The van der Waals surface area contributed by atoms with Gasteiger partial charge in [-0.2, -0.15) is 0 Å². The van der Waals surface area contributed by atoms with Crippen LogP contribution in [0, 0.1) is 0 Å². The Balaban J connectivity index is 0.972. The molecule has 0 unspecified atom stereocenters. The number of hydrogen-bond acceptors (Lipinski definition) is 5. The summed E-state index contributed by atoms with van der Waals surface area (Å²) in [6.45, 7) is 0. The summed E-state index contributed by atoms with van der Waals surface area (Å²) < 4.78 is 12.7. The molecule has 5 nitrogen and oxygen atoms in total. The van der Waals surface area contributed by atoms with Crippen LogP contribution in [0.1, 0.15) is 43.2 Å². The summed E-state index contributed by atoms with van der Waals surface area (Å²) in [4.78, 5) is 15.8. The molecule has 2 aliphatic carbocycles. The van der Waals surface area contributed by atoms with Crippen LogP contribution in [0.15, 0.2) is 185 Å². The number of benzene rings is 8. The molecule has 2 aliphatic rings. The van der Waals surface area contributed by atoms with Gasteiger partial charge in [-0.25, -0.2) is 15.0 Å². The second-order valence-electron chi connectivity index (χ2n) is 16.9. The molecule has 13 rings (SSSR count). The molecule has 294 valence electrons. The molecule has 11 aromatic rings. The van der Waals surface area contributed by atoms with Gasteiger partial charge in [0.2, 0.25) is 0 Å². The third-order valence-electron chi connectivity index (χ3n) is 13.5. The Morgan fingerprint density at radius 1 is 0.355 bits per heavy atom. The number of furan rings is 2. The van der Waals surface area contributed by atoms with Gasteiger partial charge in [-0.3, -0.25) is 0 Å². The third kappa shape index (κ3) is 5.31. The van der Waals surface area contributed by atoms with Crippen molar-refractivity contribution in [3.05, 3.63) is 187 Å². The lowest BCUT2D eigenvalue weighted by molar-refractivity contribution is 0.353. The zero-order chi connectivity index (χ0) is 40.8. The average Bonchev–Trinajstić information content (AvgIpc) is 4.00. The molecule has 0 aliphatic heterocycles. The fraction of sp³-hybridized carbons (Fsp3) is 0.105. The number of nitrogens with zero attached hydrogens (tertiary/aromatic N) is 3. The van der Waals surface area contributed by atoms with Gasteiger partial charge >= 0.3 is 0 Å². The Kier molecular flexibility index (Phi) is 7.77. The van der Waals surface area contributed by atoms with Gasteiger partial charge in [0.1, 0.15) is 22.3 Å². The highest BCUT2D eigenvalue weighted by Crippen LogP contribution is 2.58. The Morgan fingerprint density at radius 2 is 0.823 bits per heavy atom. The van der Waals surface area contributed by atoms with Gasteiger partial charge in [-0.05, 0) is 93.7 Å². The predicted molar refractivity (Wildman–Crippen MR) is 251 cm³/mol. The van der Waals surface area contributed by atoms with Crippen LogP contribution in [0.3, 0.4) is 0 Å². The standard InChI is InChI=1S/C57H39N3O2/c1-8-31-57(32-9-1)45-25-5-2-19-40(45)51-39(22-12-26-46(51)57)37-17-10-15-35(33-37)36-16-11-18-38(34-36)54-58-55(43-23-13-29-49-52(43)41-20-3-6-27-47(41)61-49)60-56(59-54)44-24-14-30-50-53(44)42-21-4-7-28-48(42)62-50/h2-7,10-30,33-34H,1,8-9,31-32H2. The summed E-state index contributed by atoms with van der Waals surface area (Å²) in [6, 6.07) is 62.3. The van der Waals surface area contributed by atoms with Crippen LogP contribution >= 0.6 is 0 Å². The first kappa shape index (κ1) is 35.2. The first-order chi connectivity index (χ1) is 30.7. The SMILES string of the molecule is c1cc(-c2cccc(-c3cccc4c3-c3ccccc3C43CCCCC3)c2)cc(-c2nc(-c3cccc4oc5ccccc5c34)nc(-c3cccc4oc5ccccc5c34)n2)c1. The minimum Gasteiger partial charge on any atom is -0.456 e. The van der Waals surface area contributed by atoms with Crippen molar-refractivity contribution in [2.75, 3.05) is 0 Å². The van der Waals surface area contributed by atoms with E-state index in [1.807, 2.05) is 60.7 Å².